The van der Waals surface area contributed by atoms with Crippen LogP contribution in [0.2, 0.25) is 10.0 Å². The van der Waals surface area contributed by atoms with E-state index in [-0.39, 0.29) is 10.6 Å². The van der Waals surface area contributed by atoms with E-state index in [0.29, 0.717) is 15.4 Å². The number of non-ortho nitro benzene ring substituents is 1. The summed E-state index contributed by atoms with van der Waals surface area (Å²) in [7, 11) is 0. The van der Waals surface area contributed by atoms with E-state index in [1.165, 1.54) is 0 Å². The van der Waals surface area contributed by atoms with Gasteiger partial charge in [0.1, 0.15) is 0 Å². The molecule has 1 heterocycles. The van der Waals surface area contributed by atoms with Gasteiger partial charge in [-0.2, -0.15) is 0 Å². The van der Waals surface area contributed by atoms with Crippen molar-refractivity contribution >= 4 is 45.3 Å². The molecule has 0 atom stereocenters. The van der Waals surface area contributed by atoms with Gasteiger partial charge >= 0.3 is 0 Å². The van der Waals surface area contributed by atoms with E-state index < -0.39 is 0 Å². The molecule has 1 saturated heterocycles. The van der Waals surface area contributed by atoms with Crippen LogP contribution in [0, 0.1) is 10.1 Å². The molecule has 1 aliphatic heterocycles. The minimum absolute atomic E-state index is 0.140. The second-order valence-electron chi connectivity index (χ2n) is 7.18. The highest BCUT2D eigenvalue weighted by Gasteiger charge is 2.24. The van der Waals surface area contributed by atoms with Gasteiger partial charge in [0.2, 0.25) is 0 Å². The molecule has 29 heavy (non-hydrogen) atoms. The van der Waals surface area contributed by atoms with Gasteiger partial charge in [0, 0.05) is 41.1 Å². The van der Waals surface area contributed by atoms with Crippen LogP contribution in [0.4, 0.5) is 11.4 Å². The van der Waals surface area contributed by atoms with Crippen LogP contribution in [0.3, 0.4) is 0 Å². The summed E-state index contributed by atoms with van der Waals surface area (Å²) >= 11 is 12.4. The number of fused-ring (bicyclic) bond motifs is 1. The number of halogens is 2. The molecule has 0 unspecified atom stereocenters. The summed E-state index contributed by atoms with van der Waals surface area (Å²) in [5, 5.41) is 18.9. The third-order valence-electron chi connectivity index (χ3n) is 5.38. The Balaban J connectivity index is 1.64. The highest BCUT2D eigenvalue weighted by atomic mass is 35.5. The van der Waals surface area contributed by atoms with E-state index in [2.05, 4.69) is 10.0 Å². The quantitative estimate of drug-likeness (QED) is 0.362. The molecule has 0 N–H and O–H groups in total. The first-order valence-electron chi connectivity index (χ1n) is 9.67. The molecule has 0 aromatic heterocycles. The van der Waals surface area contributed by atoms with E-state index in [9.17, 15) is 10.1 Å². The van der Waals surface area contributed by atoms with Crippen LogP contribution in [-0.4, -0.2) is 29.6 Å². The normalized spacial score (nSPS) is 15.0. The van der Waals surface area contributed by atoms with E-state index in [4.69, 9.17) is 23.2 Å². The van der Waals surface area contributed by atoms with Crippen LogP contribution in [-0.2, 0) is 6.42 Å². The van der Waals surface area contributed by atoms with Crippen molar-refractivity contribution in [1.82, 2.24) is 5.01 Å². The summed E-state index contributed by atoms with van der Waals surface area (Å²) in [6.07, 6.45) is 3.01. The first kappa shape index (κ1) is 20.0. The Hall–Kier alpha value is -2.34. The average molecular weight is 430 g/mol. The molecule has 0 aliphatic carbocycles. The lowest BCUT2D eigenvalue weighted by atomic mass is 10.1. The first-order valence-corrected chi connectivity index (χ1v) is 10.4. The highest BCUT2D eigenvalue weighted by Crippen LogP contribution is 2.35. The summed E-state index contributed by atoms with van der Waals surface area (Å²) in [6.45, 7) is 2.64. The summed E-state index contributed by atoms with van der Waals surface area (Å²) in [5.74, 6) is 0. The van der Waals surface area contributed by atoms with Gasteiger partial charge in [-0.15, -0.1) is 0 Å². The molecular formula is C22H21Cl2N3O2. The van der Waals surface area contributed by atoms with E-state index in [1.54, 1.807) is 12.1 Å². The van der Waals surface area contributed by atoms with Crippen molar-refractivity contribution in [2.24, 2.45) is 0 Å². The van der Waals surface area contributed by atoms with Crippen LogP contribution in [0.5, 0.6) is 0 Å². The fraction of sp³-hybridized carbons (Fsp3) is 0.273. The number of anilines is 1. The molecule has 5 nitrogen and oxygen atoms in total. The van der Waals surface area contributed by atoms with Gasteiger partial charge in [0.25, 0.3) is 5.69 Å². The number of nitro benzene ring substituents is 1. The molecule has 0 bridgehead atoms. The number of hydrogen-bond acceptors (Lipinski definition) is 4. The minimum Gasteiger partial charge on any atom is -0.305 e. The molecule has 1 aliphatic rings. The molecule has 3 aromatic rings. The lowest BCUT2D eigenvalue weighted by Gasteiger charge is -2.41. The van der Waals surface area contributed by atoms with Crippen molar-refractivity contribution in [3.8, 4) is 0 Å². The Morgan fingerprint density at radius 3 is 2.48 bits per heavy atom. The van der Waals surface area contributed by atoms with Crippen LogP contribution in [0.25, 0.3) is 10.8 Å². The van der Waals surface area contributed by atoms with Gasteiger partial charge in [0.05, 0.1) is 16.0 Å². The SMILES string of the molecule is O=[N+]([O-])c1ccc(N2CCCCN2CCc2ccc(Cl)cc2Cl)c2ccccc12. The lowest BCUT2D eigenvalue weighted by molar-refractivity contribution is -0.383. The summed E-state index contributed by atoms with van der Waals surface area (Å²) < 4.78 is 0. The highest BCUT2D eigenvalue weighted by molar-refractivity contribution is 6.35. The number of hydrazine groups is 1. The van der Waals surface area contributed by atoms with E-state index in [0.717, 1.165) is 55.5 Å². The zero-order chi connectivity index (χ0) is 20.4. The molecule has 7 heteroatoms. The molecular weight excluding hydrogens is 409 g/mol. The fourth-order valence-corrected chi connectivity index (χ4v) is 4.45. The zero-order valence-corrected chi connectivity index (χ0v) is 17.4. The van der Waals surface area contributed by atoms with Crippen molar-refractivity contribution in [2.45, 2.75) is 19.3 Å². The molecule has 3 aromatic carbocycles. The molecule has 0 radical (unpaired) electrons. The van der Waals surface area contributed by atoms with Gasteiger partial charge in [-0.25, -0.2) is 5.01 Å². The van der Waals surface area contributed by atoms with Gasteiger partial charge in [-0.3, -0.25) is 10.1 Å². The summed E-state index contributed by atoms with van der Waals surface area (Å²) in [5.41, 5.74) is 2.21. The number of nitro groups is 1. The Bertz CT molecular complexity index is 1060. The Morgan fingerprint density at radius 2 is 1.72 bits per heavy atom. The maximum absolute atomic E-state index is 11.4. The van der Waals surface area contributed by atoms with Crippen LogP contribution in [0.15, 0.2) is 54.6 Å². The topological polar surface area (TPSA) is 49.6 Å². The van der Waals surface area contributed by atoms with Gasteiger partial charge in [0.15, 0.2) is 0 Å². The minimum atomic E-state index is -0.317. The van der Waals surface area contributed by atoms with E-state index >= 15 is 0 Å². The standard InChI is InChI=1S/C22H21Cl2N3O2/c23-17-8-7-16(20(24)15-17)11-14-25-12-3-4-13-26(25)21-9-10-22(27(28)29)19-6-2-1-5-18(19)21/h1-2,5-10,15H,3-4,11-14H2. The number of rotatable bonds is 5. The lowest BCUT2D eigenvalue weighted by Crippen LogP contribution is -2.48. The van der Waals surface area contributed by atoms with Crippen molar-refractivity contribution in [3.05, 3.63) is 80.3 Å². The van der Waals surface area contributed by atoms with Crippen LogP contribution in [0.1, 0.15) is 18.4 Å². The Morgan fingerprint density at radius 1 is 0.966 bits per heavy atom. The Labute approximate surface area is 179 Å². The molecule has 1 fully saturated rings. The van der Waals surface area contributed by atoms with Crippen LogP contribution < -0.4 is 5.01 Å². The number of hydrogen-bond donors (Lipinski definition) is 0. The maximum atomic E-state index is 11.4. The van der Waals surface area contributed by atoms with Crippen molar-refractivity contribution in [1.29, 1.82) is 0 Å². The van der Waals surface area contributed by atoms with Gasteiger partial charge < -0.3 is 5.01 Å². The summed E-state index contributed by atoms with van der Waals surface area (Å²) in [6, 6.07) is 16.6. The van der Waals surface area contributed by atoms with E-state index in [1.807, 2.05) is 42.5 Å². The first-order chi connectivity index (χ1) is 14.0. The second-order valence-corrected chi connectivity index (χ2v) is 8.02. The monoisotopic (exact) mass is 429 g/mol. The third-order valence-corrected chi connectivity index (χ3v) is 5.97. The van der Waals surface area contributed by atoms with Gasteiger partial charge in [-0.1, -0.05) is 47.5 Å². The van der Waals surface area contributed by atoms with Crippen LogP contribution >= 0.6 is 23.2 Å². The number of benzene rings is 3. The zero-order valence-electron chi connectivity index (χ0n) is 15.9. The van der Waals surface area contributed by atoms with Gasteiger partial charge in [-0.05, 0) is 49.1 Å². The predicted molar refractivity (Wildman–Crippen MR) is 119 cm³/mol. The molecule has 4 rings (SSSR count). The van der Waals surface area contributed by atoms with Crippen molar-refractivity contribution < 1.29 is 4.92 Å². The molecule has 150 valence electrons. The molecule has 0 saturated carbocycles. The predicted octanol–water partition coefficient (Wildman–Crippen LogP) is 6.11. The fourth-order valence-electron chi connectivity index (χ4n) is 3.95. The average Bonchev–Trinajstić information content (AvgIpc) is 2.72. The Kier molecular flexibility index (Phi) is 5.90. The maximum Gasteiger partial charge on any atom is 0.277 e. The largest absolute Gasteiger partial charge is 0.305 e. The number of nitrogens with zero attached hydrogens (tertiary/aromatic N) is 3. The van der Waals surface area contributed by atoms with Crippen molar-refractivity contribution in [3.63, 3.8) is 0 Å². The smallest absolute Gasteiger partial charge is 0.277 e. The van der Waals surface area contributed by atoms with Crippen molar-refractivity contribution in [2.75, 3.05) is 24.6 Å². The molecule has 0 amide bonds. The second kappa shape index (κ2) is 8.57. The summed E-state index contributed by atoms with van der Waals surface area (Å²) in [4.78, 5) is 11.1. The third kappa shape index (κ3) is 4.17. The molecule has 0 spiro atoms.